The molecule has 1 saturated heterocycles. The molecule has 0 amide bonds. The third-order valence-corrected chi connectivity index (χ3v) is 5.08. The first-order chi connectivity index (χ1) is 13.9. The van der Waals surface area contributed by atoms with Crippen LogP contribution >= 0.6 is 0 Å². The second-order valence-electron chi connectivity index (χ2n) is 7.24. The van der Waals surface area contributed by atoms with Crippen LogP contribution in [0.25, 0.3) is 11.0 Å². The van der Waals surface area contributed by atoms with E-state index in [0.717, 1.165) is 37.0 Å². The lowest BCUT2D eigenvalue weighted by atomic mass is 10.0. The second kappa shape index (κ2) is 8.04. The van der Waals surface area contributed by atoms with Gasteiger partial charge in [-0.25, -0.2) is 4.98 Å². The standard InChI is InChI=1S/C21H22F3N3O2/c1-27-12-10-14(11-13-27)28-19(20-25-16-7-3-4-8-17(16)26-20)15-6-2-5-9-18(15)29-21(22,23)24/h2-9,14,19H,10-13H2,1H3,(H,25,26). The molecule has 0 spiro atoms. The van der Waals surface area contributed by atoms with Crippen LogP contribution in [0.5, 0.6) is 5.75 Å². The SMILES string of the molecule is CN1CCC(OC(c2nc3ccccc3[nH]2)c2ccccc2OC(F)(F)F)CC1. The lowest BCUT2D eigenvalue weighted by molar-refractivity contribution is -0.275. The smallest absolute Gasteiger partial charge is 0.405 e. The van der Waals surface area contributed by atoms with Gasteiger partial charge in [-0.2, -0.15) is 0 Å². The van der Waals surface area contributed by atoms with E-state index in [9.17, 15) is 13.2 Å². The molecule has 154 valence electrons. The minimum atomic E-state index is -4.79. The van der Waals surface area contributed by atoms with Gasteiger partial charge < -0.3 is 19.4 Å². The van der Waals surface area contributed by atoms with E-state index in [4.69, 9.17) is 4.74 Å². The highest BCUT2D eigenvalue weighted by molar-refractivity contribution is 5.75. The number of aromatic amines is 1. The van der Waals surface area contributed by atoms with E-state index in [-0.39, 0.29) is 11.9 Å². The van der Waals surface area contributed by atoms with Gasteiger partial charge in [0.05, 0.1) is 17.1 Å². The fraction of sp³-hybridized carbons (Fsp3) is 0.381. The largest absolute Gasteiger partial charge is 0.573 e. The predicted molar refractivity (Wildman–Crippen MR) is 103 cm³/mol. The zero-order chi connectivity index (χ0) is 20.4. The van der Waals surface area contributed by atoms with Crippen molar-refractivity contribution in [3.8, 4) is 5.75 Å². The van der Waals surface area contributed by atoms with Gasteiger partial charge in [-0.3, -0.25) is 0 Å². The van der Waals surface area contributed by atoms with E-state index in [0.29, 0.717) is 11.4 Å². The number of H-pyrrole nitrogens is 1. The van der Waals surface area contributed by atoms with Gasteiger partial charge in [0.15, 0.2) is 0 Å². The molecule has 1 N–H and O–H groups in total. The number of nitrogens with one attached hydrogen (secondary N) is 1. The number of fused-ring (bicyclic) bond motifs is 1. The molecule has 0 aliphatic carbocycles. The number of halogens is 3. The van der Waals surface area contributed by atoms with Crippen LogP contribution in [0.15, 0.2) is 48.5 Å². The summed E-state index contributed by atoms with van der Waals surface area (Å²) in [5.41, 5.74) is 1.82. The number of aromatic nitrogens is 2. The summed E-state index contributed by atoms with van der Waals surface area (Å²) in [4.78, 5) is 9.98. The van der Waals surface area contributed by atoms with Crippen molar-refractivity contribution in [1.29, 1.82) is 0 Å². The minimum Gasteiger partial charge on any atom is -0.405 e. The Hall–Kier alpha value is -2.58. The maximum absolute atomic E-state index is 13.0. The molecule has 1 aliphatic heterocycles. The molecule has 1 unspecified atom stereocenters. The number of likely N-dealkylation sites (tertiary alicyclic amines) is 1. The summed E-state index contributed by atoms with van der Waals surface area (Å²) in [5.74, 6) is 0.182. The van der Waals surface area contributed by atoms with Crippen molar-refractivity contribution in [1.82, 2.24) is 14.9 Å². The Balaban J connectivity index is 1.72. The van der Waals surface area contributed by atoms with Crippen LogP contribution in [-0.4, -0.2) is 47.5 Å². The number of ether oxygens (including phenoxy) is 2. The number of benzene rings is 2. The molecule has 2 heterocycles. The van der Waals surface area contributed by atoms with Gasteiger partial charge in [-0.05, 0) is 38.1 Å². The first kappa shape index (κ1) is 19.7. The third kappa shape index (κ3) is 4.71. The highest BCUT2D eigenvalue weighted by Crippen LogP contribution is 2.37. The summed E-state index contributed by atoms with van der Waals surface area (Å²) in [5, 5.41) is 0. The molecule has 2 aromatic carbocycles. The number of nitrogens with zero attached hydrogens (tertiary/aromatic N) is 2. The molecule has 1 aromatic heterocycles. The van der Waals surface area contributed by atoms with Crippen LogP contribution in [0.4, 0.5) is 13.2 Å². The monoisotopic (exact) mass is 405 g/mol. The van der Waals surface area contributed by atoms with Crippen molar-refractivity contribution in [2.24, 2.45) is 0 Å². The normalized spacial score (nSPS) is 17.5. The van der Waals surface area contributed by atoms with Gasteiger partial charge in [0, 0.05) is 18.7 Å². The van der Waals surface area contributed by atoms with Gasteiger partial charge in [-0.15, -0.1) is 13.2 Å². The van der Waals surface area contributed by atoms with Crippen molar-refractivity contribution < 1.29 is 22.6 Å². The van der Waals surface area contributed by atoms with Crippen molar-refractivity contribution in [2.75, 3.05) is 20.1 Å². The first-order valence-corrected chi connectivity index (χ1v) is 9.52. The number of imidazole rings is 1. The summed E-state index contributed by atoms with van der Waals surface area (Å²) >= 11 is 0. The van der Waals surface area contributed by atoms with Gasteiger partial charge in [0.1, 0.15) is 17.7 Å². The zero-order valence-electron chi connectivity index (χ0n) is 15.9. The maximum atomic E-state index is 13.0. The Bertz CT molecular complexity index is 932. The number of para-hydroxylation sites is 3. The fourth-order valence-electron chi connectivity index (χ4n) is 3.61. The minimum absolute atomic E-state index is 0.0802. The van der Waals surface area contributed by atoms with E-state index in [2.05, 4.69) is 19.6 Å². The molecule has 1 fully saturated rings. The van der Waals surface area contributed by atoms with Gasteiger partial charge in [0.2, 0.25) is 0 Å². The number of alkyl halides is 3. The average molecular weight is 405 g/mol. The molecular formula is C21H22F3N3O2. The van der Waals surface area contributed by atoms with Gasteiger partial charge in [0.25, 0.3) is 0 Å². The maximum Gasteiger partial charge on any atom is 0.573 e. The Labute approximate surface area is 166 Å². The van der Waals surface area contributed by atoms with Gasteiger partial charge in [-0.1, -0.05) is 30.3 Å². The fourth-order valence-corrected chi connectivity index (χ4v) is 3.61. The number of hydrogen-bond donors (Lipinski definition) is 1. The molecule has 5 nitrogen and oxygen atoms in total. The molecule has 0 saturated carbocycles. The summed E-state index contributed by atoms with van der Waals surface area (Å²) in [6, 6.07) is 13.5. The van der Waals surface area contributed by atoms with E-state index in [1.54, 1.807) is 12.1 Å². The molecule has 4 rings (SSSR count). The predicted octanol–water partition coefficient (Wildman–Crippen LogP) is 4.66. The van der Waals surface area contributed by atoms with Crippen LogP contribution in [0.3, 0.4) is 0 Å². The van der Waals surface area contributed by atoms with E-state index in [1.807, 2.05) is 31.3 Å². The molecular weight excluding hydrogens is 383 g/mol. The van der Waals surface area contributed by atoms with Crippen molar-refractivity contribution >= 4 is 11.0 Å². The van der Waals surface area contributed by atoms with Crippen molar-refractivity contribution in [3.05, 3.63) is 59.9 Å². The average Bonchev–Trinajstić information content (AvgIpc) is 3.11. The van der Waals surface area contributed by atoms with Crippen molar-refractivity contribution in [3.63, 3.8) is 0 Å². The first-order valence-electron chi connectivity index (χ1n) is 9.52. The Kier molecular flexibility index (Phi) is 5.47. The Morgan fingerprint density at radius 1 is 1.07 bits per heavy atom. The molecule has 1 aliphatic rings. The summed E-state index contributed by atoms with van der Waals surface area (Å²) in [6.07, 6.45) is -4.06. The van der Waals surface area contributed by atoms with Crippen LogP contribution < -0.4 is 4.74 Å². The quantitative estimate of drug-likeness (QED) is 0.671. The molecule has 0 radical (unpaired) electrons. The lowest BCUT2D eigenvalue weighted by Gasteiger charge is -2.32. The van der Waals surface area contributed by atoms with E-state index < -0.39 is 12.5 Å². The lowest BCUT2D eigenvalue weighted by Crippen LogP contribution is -2.35. The summed E-state index contributed by atoms with van der Waals surface area (Å²) in [7, 11) is 2.04. The molecule has 0 bridgehead atoms. The van der Waals surface area contributed by atoms with Crippen LogP contribution in [-0.2, 0) is 4.74 Å². The highest BCUT2D eigenvalue weighted by Gasteiger charge is 2.34. The van der Waals surface area contributed by atoms with Crippen LogP contribution in [0.1, 0.15) is 30.3 Å². The van der Waals surface area contributed by atoms with E-state index in [1.165, 1.54) is 12.1 Å². The van der Waals surface area contributed by atoms with Crippen LogP contribution in [0, 0.1) is 0 Å². The molecule has 3 aromatic rings. The number of piperidine rings is 1. The third-order valence-electron chi connectivity index (χ3n) is 5.08. The topological polar surface area (TPSA) is 50.4 Å². The molecule has 29 heavy (non-hydrogen) atoms. The number of hydrogen-bond acceptors (Lipinski definition) is 4. The van der Waals surface area contributed by atoms with Crippen LogP contribution in [0.2, 0.25) is 0 Å². The zero-order valence-corrected chi connectivity index (χ0v) is 15.9. The molecule has 8 heteroatoms. The Morgan fingerprint density at radius 3 is 2.48 bits per heavy atom. The van der Waals surface area contributed by atoms with Gasteiger partial charge >= 0.3 is 6.36 Å². The second-order valence-corrected chi connectivity index (χ2v) is 7.24. The Morgan fingerprint density at radius 2 is 1.76 bits per heavy atom. The molecule has 1 atom stereocenters. The van der Waals surface area contributed by atoms with Crippen molar-refractivity contribution in [2.45, 2.75) is 31.4 Å². The summed E-state index contributed by atoms with van der Waals surface area (Å²) in [6.45, 7) is 1.75. The highest BCUT2D eigenvalue weighted by atomic mass is 19.4. The summed E-state index contributed by atoms with van der Waals surface area (Å²) < 4.78 is 49.5. The number of rotatable bonds is 5. The van der Waals surface area contributed by atoms with E-state index >= 15 is 0 Å².